The molecule has 0 atom stereocenters. The molecule has 0 fully saturated rings. The van der Waals surface area contributed by atoms with Crippen molar-refractivity contribution in [1.29, 1.82) is 0 Å². The lowest BCUT2D eigenvalue weighted by Crippen LogP contribution is -1.97. The van der Waals surface area contributed by atoms with Gasteiger partial charge in [-0.3, -0.25) is 4.79 Å². The molecule has 0 rings (SSSR count). The lowest BCUT2D eigenvalue weighted by molar-refractivity contribution is -0.137. The van der Waals surface area contributed by atoms with Gasteiger partial charge in [-0.2, -0.15) is 0 Å². The van der Waals surface area contributed by atoms with Crippen LogP contribution < -0.4 is 0 Å². The topological polar surface area (TPSA) is 46.5 Å². The Balaban J connectivity index is 3.00. The van der Waals surface area contributed by atoms with Crippen molar-refractivity contribution in [2.45, 2.75) is 161 Å². The number of ether oxygens (including phenoxy) is 1. The van der Waals surface area contributed by atoms with Crippen LogP contribution in [0.5, 0.6) is 0 Å². The van der Waals surface area contributed by atoms with E-state index >= 15 is 0 Å². The average Bonchev–Trinajstić information content (AvgIpc) is 2.76. The normalized spacial score (nSPS) is 11.3. The van der Waals surface area contributed by atoms with E-state index < -0.39 is 5.97 Å². The Morgan fingerprint density at radius 2 is 0.774 bits per heavy atom. The number of hydrogen-bond donors (Lipinski definition) is 1. The van der Waals surface area contributed by atoms with Crippen LogP contribution in [0.1, 0.15) is 161 Å². The summed E-state index contributed by atoms with van der Waals surface area (Å²) < 4.78 is 5.76. The summed E-state index contributed by atoms with van der Waals surface area (Å²) in [7, 11) is 0. The van der Waals surface area contributed by atoms with E-state index in [9.17, 15) is 4.79 Å². The van der Waals surface area contributed by atoms with Crippen molar-refractivity contribution in [2.75, 3.05) is 13.2 Å². The van der Waals surface area contributed by atoms with Crippen LogP contribution in [-0.4, -0.2) is 24.3 Å². The van der Waals surface area contributed by atoms with E-state index in [-0.39, 0.29) is 0 Å². The minimum atomic E-state index is -0.665. The van der Waals surface area contributed by atoms with Crippen LogP contribution >= 0.6 is 0 Å². The van der Waals surface area contributed by atoms with Gasteiger partial charge >= 0.3 is 5.97 Å². The molecule has 0 aromatic rings. The predicted molar refractivity (Wildman–Crippen MR) is 135 cm³/mol. The zero-order valence-electron chi connectivity index (χ0n) is 21.1. The molecule has 0 spiro atoms. The first-order chi connectivity index (χ1) is 15.3. The Labute approximate surface area is 195 Å². The average molecular weight is 441 g/mol. The maximum atomic E-state index is 10.4. The molecule has 0 aliphatic rings. The summed E-state index contributed by atoms with van der Waals surface area (Å²) in [6.07, 6.45) is 30.9. The fraction of sp³-hybridized carbons (Fsp3) is 0.964. The molecule has 3 nitrogen and oxygen atoms in total. The van der Waals surface area contributed by atoms with Gasteiger partial charge in [-0.1, -0.05) is 135 Å². The molecule has 0 saturated carbocycles. The Morgan fingerprint density at radius 1 is 0.484 bits per heavy atom. The molecule has 0 amide bonds. The Bertz CT molecular complexity index is 343. The van der Waals surface area contributed by atoms with Crippen molar-refractivity contribution in [2.24, 2.45) is 0 Å². The summed E-state index contributed by atoms with van der Waals surface area (Å²) in [5.41, 5.74) is 0. The molecule has 0 bridgehead atoms. The highest BCUT2D eigenvalue weighted by Gasteiger charge is 1.97. The fourth-order valence-electron chi connectivity index (χ4n) is 4.22. The van der Waals surface area contributed by atoms with Crippen LogP contribution in [0.2, 0.25) is 0 Å². The highest BCUT2D eigenvalue weighted by Crippen LogP contribution is 2.14. The van der Waals surface area contributed by atoms with Crippen molar-refractivity contribution in [3.8, 4) is 0 Å². The number of rotatable bonds is 27. The van der Waals surface area contributed by atoms with E-state index in [0.717, 1.165) is 26.1 Å². The van der Waals surface area contributed by atoms with Gasteiger partial charge in [0.2, 0.25) is 0 Å². The number of carbonyl (C=O) groups is 1. The molecular weight excluding hydrogens is 384 g/mol. The SMILES string of the molecule is CCCCCCCCCCCCCCCCCCOCCCCCCCCCC(=O)O. The zero-order chi connectivity index (χ0) is 22.7. The Kier molecular flexibility index (Phi) is 27.0. The van der Waals surface area contributed by atoms with Gasteiger partial charge in [0.05, 0.1) is 0 Å². The lowest BCUT2D eigenvalue weighted by atomic mass is 10.0. The summed E-state index contributed by atoms with van der Waals surface area (Å²) in [6.45, 7) is 4.14. The van der Waals surface area contributed by atoms with Crippen LogP contribution in [0.15, 0.2) is 0 Å². The number of unbranched alkanes of at least 4 members (excludes halogenated alkanes) is 21. The minimum absolute atomic E-state index is 0.327. The maximum absolute atomic E-state index is 10.4. The van der Waals surface area contributed by atoms with Crippen LogP contribution in [0.3, 0.4) is 0 Å². The highest BCUT2D eigenvalue weighted by molar-refractivity contribution is 5.66. The zero-order valence-corrected chi connectivity index (χ0v) is 21.1. The smallest absolute Gasteiger partial charge is 0.303 e. The molecule has 0 saturated heterocycles. The lowest BCUT2D eigenvalue weighted by Gasteiger charge is -2.05. The molecule has 0 radical (unpaired) electrons. The van der Waals surface area contributed by atoms with E-state index in [2.05, 4.69) is 6.92 Å². The van der Waals surface area contributed by atoms with Gasteiger partial charge in [0.1, 0.15) is 0 Å². The van der Waals surface area contributed by atoms with Crippen LogP contribution in [0.4, 0.5) is 0 Å². The molecule has 0 aliphatic carbocycles. The minimum Gasteiger partial charge on any atom is -0.481 e. The van der Waals surface area contributed by atoms with Crippen LogP contribution in [0.25, 0.3) is 0 Å². The first-order valence-corrected chi connectivity index (χ1v) is 14.1. The van der Waals surface area contributed by atoms with Crippen molar-refractivity contribution >= 4 is 5.97 Å². The van der Waals surface area contributed by atoms with E-state index in [1.54, 1.807) is 0 Å². The number of carboxylic acids is 1. The molecule has 1 N–H and O–H groups in total. The molecular formula is C28H56O3. The fourth-order valence-corrected chi connectivity index (χ4v) is 4.22. The van der Waals surface area contributed by atoms with Gasteiger partial charge < -0.3 is 9.84 Å². The largest absolute Gasteiger partial charge is 0.481 e. The third-order valence-electron chi connectivity index (χ3n) is 6.32. The third-order valence-corrected chi connectivity index (χ3v) is 6.32. The van der Waals surface area contributed by atoms with Crippen molar-refractivity contribution in [3.63, 3.8) is 0 Å². The molecule has 0 unspecified atom stereocenters. The molecule has 0 aromatic heterocycles. The van der Waals surface area contributed by atoms with Gasteiger partial charge in [-0.05, 0) is 19.3 Å². The summed E-state index contributed by atoms with van der Waals surface area (Å²) in [6, 6.07) is 0. The Hall–Kier alpha value is -0.570. The second kappa shape index (κ2) is 27.5. The molecule has 0 aliphatic heterocycles. The quantitative estimate of drug-likeness (QED) is 0.129. The van der Waals surface area contributed by atoms with Crippen molar-refractivity contribution in [1.82, 2.24) is 0 Å². The summed E-state index contributed by atoms with van der Waals surface area (Å²) in [5, 5.41) is 8.59. The molecule has 3 heteroatoms. The number of carboxylic acid groups (broad SMARTS) is 1. The molecule has 186 valence electrons. The van der Waals surface area contributed by atoms with E-state index in [0.29, 0.717) is 6.42 Å². The maximum Gasteiger partial charge on any atom is 0.303 e. The molecule has 0 aromatic carbocycles. The van der Waals surface area contributed by atoms with Crippen molar-refractivity contribution < 1.29 is 14.6 Å². The van der Waals surface area contributed by atoms with Crippen LogP contribution in [0, 0.1) is 0 Å². The second-order valence-corrected chi connectivity index (χ2v) is 9.53. The van der Waals surface area contributed by atoms with E-state index in [4.69, 9.17) is 9.84 Å². The first-order valence-electron chi connectivity index (χ1n) is 14.1. The van der Waals surface area contributed by atoms with Gasteiger partial charge in [-0.15, -0.1) is 0 Å². The monoisotopic (exact) mass is 440 g/mol. The summed E-state index contributed by atoms with van der Waals surface area (Å²) in [4.78, 5) is 10.4. The highest BCUT2D eigenvalue weighted by atomic mass is 16.5. The van der Waals surface area contributed by atoms with E-state index in [1.165, 1.54) is 135 Å². The summed E-state index contributed by atoms with van der Waals surface area (Å²) >= 11 is 0. The molecule has 31 heavy (non-hydrogen) atoms. The van der Waals surface area contributed by atoms with Gasteiger partial charge in [0, 0.05) is 19.6 Å². The second-order valence-electron chi connectivity index (χ2n) is 9.53. The molecule has 0 heterocycles. The first kappa shape index (κ1) is 30.4. The summed E-state index contributed by atoms with van der Waals surface area (Å²) in [5.74, 6) is -0.665. The Morgan fingerprint density at radius 3 is 1.10 bits per heavy atom. The van der Waals surface area contributed by atoms with Gasteiger partial charge in [0.15, 0.2) is 0 Å². The number of aliphatic carboxylic acids is 1. The third kappa shape index (κ3) is 29.4. The predicted octanol–water partition coefficient (Wildman–Crippen LogP) is 9.47. The van der Waals surface area contributed by atoms with E-state index in [1.807, 2.05) is 0 Å². The number of hydrogen-bond acceptors (Lipinski definition) is 2. The van der Waals surface area contributed by atoms with Crippen LogP contribution in [-0.2, 0) is 9.53 Å². The van der Waals surface area contributed by atoms with Gasteiger partial charge in [-0.25, -0.2) is 0 Å². The van der Waals surface area contributed by atoms with Crippen molar-refractivity contribution in [3.05, 3.63) is 0 Å². The standard InChI is InChI=1S/C28H56O3/c1-2-3-4-5-6-7-8-9-10-11-12-13-14-17-20-23-26-31-27-24-21-18-15-16-19-22-25-28(29)30/h2-27H2,1H3,(H,29,30). The van der Waals surface area contributed by atoms with Gasteiger partial charge in [0.25, 0.3) is 0 Å².